The topological polar surface area (TPSA) is 156 Å². The highest BCUT2D eigenvalue weighted by atomic mass is 16.6. The second-order valence-corrected chi connectivity index (χ2v) is 5.98. The first-order chi connectivity index (χ1) is 13.1. The van der Waals surface area contributed by atoms with Crippen LogP contribution in [0.1, 0.15) is 16.6 Å². The fourth-order valence-electron chi connectivity index (χ4n) is 2.88. The van der Waals surface area contributed by atoms with E-state index in [0.29, 0.717) is 5.56 Å². The molecule has 0 bridgehead atoms. The van der Waals surface area contributed by atoms with Crippen LogP contribution in [0.3, 0.4) is 0 Å². The van der Waals surface area contributed by atoms with E-state index < -0.39 is 31.1 Å². The van der Waals surface area contributed by atoms with Crippen LogP contribution in [-0.2, 0) is 4.74 Å². The number of ether oxygens (including phenoxy) is 1. The highest BCUT2D eigenvalue weighted by Gasteiger charge is 2.44. The molecule has 1 amide bonds. The van der Waals surface area contributed by atoms with Crippen molar-refractivity contribution in [2.24, 2.45) is 0 Å². The fourth-order valence-corrected chi connectivity index (χ4v) is 2.88. The molecular formula is C16H16N6O5. The van der Waals surface area contributed by atoms with Gasteiger partial charge in [-0.05, 0) is 12.1 Å². The number of fused-ring (bicyclic) bond motifs is 1. The smallest absolute Gasteiger partial charge is 0.256 e. The van der Waals surface area contributed by atoms with Gasteiger partial charge in [0, 0.05) is 5.56 Å². The summed E-state index contributed by atoms with van der Waals surface area (Å²) < 4.78 is 6.62. The number of carbonyl (C=O) groups excluding carboxylic acids is 1. The number of nitrogens with one attached hydrogen (secondary N) is 1. The number of hydrogen-bond donors (Lipinski definition) is 4. The van der Waals surface area contributed by atoms with Gasteiger partial charge in [-0.2, -0.15) is 4.68 Å². The summed E-state index contributed by atoms with van der Waals surface area (Å²) in [5.74, 6) is -0.232. The molecule has 4 rings (SSSR count). The zero-order valence-corrected chi connectivity index (χ0v) is 13.9. The molecule has 3 aromatic rings. The molecule has 0 saturated carbocycles. The lowest BCUT2D eigenvalue weighted by Gasteiger charge is -2.14. The van der Waals surface area contributed by atoms with Gasteiger partial charge in [0.1, 0.15) is 24.6 Å². The van der Waals surface area contributed by atoms with Crippen molar-refractivity contribution in [2.75, 3.05) is 11.9 Å². The number of carbonyl (C=O) groups is 1. The van der Waals surface area contributed by atoms with Gasteiger partial charge in [-0.3, -0.25) is 4.79 Å². The van der Waals surface area contributed by atoms with E-state index in [0.717, 1.165) is 0 Å². The van der Waals surface area contributed by atoms with Crippen molar-refractivity contribution in [3.63, 3.8) is 0 Å². The lowest BCUT2D eigenvalue weighted by Crippen LogP contribution is -2.33. The van der Waals surface area contributed by atoms with Crippen LogP contribution in [0.25, 0.3) is 11.2 Å². The minimum absolute atomic E-state index is 0.145. The maximum atomic E-state index is 12.3. The van der Waals surface area contributed by atoms with Crippen molar-refractivity contribution in [3.8, 4) is 0 Å². The molecule has 2 aromatic heterocycles. The van der Waals surface area contributed by atoms with Crippen molar-refractivity contribution in [1.29, 1.82) is 0 Å². The van der Waals surface area contributed by atoms with E-state index in [1.807, 2.05) is 0 Å². The largest absolute Gasteiger partial charge is 0.394 e. The van der Waals surface area contributed by atoms with E-state index >= 15 is 0 Å². The maximum Gasteiger partial charge on any atom is 0.256 e. The van der Waals surface area contributed by atoms with Gasteiger partial charge in [-0.15, -0.1) is 5.10 Å². The Labute approximate surface area is 152 Å². The number of aromatic nitrogens is 5. The minimum atomic E-state index is -1.33. The number of aliphatic hydroxyl groups is 3. The summed E-state index contributed by atoms with van der Waals surface area (Å²) in [5, 5.41) is 39.8. The van der Waals surface area contributed by atoms with Crippen LogP contribution in [-0.4, -0.2) is 71.1 Å². The van der Waals surface area contributed by atoms with Gasteiger partial charge in [0.25, 0.3) is 5.91 Å². The van der Waals surface area contributed by atoms with E-state index in [-0.39, 0.29) is 22.9 Å². The van der Waals surface area contributed by atoms with Crippen LogP contribution in [0.5, 0.6) is 0 Å². The zero-order chi connectivity index (χ0) is 19.0. The Kier molecular flexibility index (Phi) is 4.49. The van der Waals surface area contributed by atoms with Gasteiger partial charge in [0.15, 0.2) is 23.2 Å². The first-order valence-corrected chi connectivity index (χ1v) is 8.15. The quantitative estimate of drug-likeness (QED) is 0.455. The summed E-state index contributed by atoms with van der Waals surface area (Å²) in [6.45, 7) is -0.464. The van der Waals surface area contributed by atoms with E-state index in [2.05, 4.69) is 25.6 Å². The summed E-state index contributed by atoms with van der Waals surface area (Å²) in [7, 11) is 0. The summed E-state index contributed by atoms with van der Waals surface area (Å²) in [4.78, 5) is 20.4. The Morgan fingerprint density at radius 3 is 2.67 bits per heavy atom. The van der Waals surface area contributed by atoms with E-state index in [9.17, 15) is 20.1 Å². The van der Waals surface area contributed by atoms with Gasteiger partial charge in [0.2, 0.25) is 0 Å². The lowest BCUT2D eigenvalue weighted by atomic mass is 10.1. The zero-order valence-electron chi connectivity index (χ0n) is 13.9. The van der Waals surface area contributed by atoms with Crippen LogP contribution < -0.4 is 5.32 Å². The van der Waals surface area contributed by atoms with Crippen molar-refractivity contribution in [1.82, 2.24) is 25.0 Å². The molecule has 11 nitrogen and oxygen atoms in total. The molecule has 1 unspecified atom stereocenters. The molecule has 1 fully saturated rings. The van der Waals surface area contributed by atoms with Crippen molar-refractivity contribution in [2.45, 2.75) is 24.5 Å². The molecule has 4 N–H and O–H groups in total. The molecule has 1 aromatic carbocycles. The monoisotopic (exact) mass is 372 g/mol. The van der Waals surface area contributed by atoms with Crippen LogP contribution in [0.15, 0.2) is 36.7 Å². The average Bonchev–Trinajstić information content (AvgIpc) is 3.25. The Morgan fingerprint density at radius 2 is 1.96 bits per heavy atom. The van der Waals surface area contributed by atoms with E-state index in [1.54, 1.807) is 30.3 Å². The summed E-state index contributed by atoms with van der Waals surface area (Å²) >= 11 is 0. The normalized spacial score (nSPS) is 25.0. The fraction of sp³-hybridized carbons (Fsp3) is 0.312. The van der Waals surface area contributed by atoms with Gasteiger partial charge in [-0.25, -0.2) is 9.97 Å². The third-order valence-corrected chi connectivity index (χ3v) is 4.29. The van der Waals surface area contributed by atoms with Gasteiger partial charge in [0.05, 0.1) is 6.61 Å². The Hall–Kier alpha value is -2.99. The molecule has 0 spiro atoms. The highest BCUT2D eigenvalue weighted by Crippen LogP contribution is 2.31. The van der Waals surface area contributed by atoms with E-state index in [4.69, 9.17) is 4.74 Å². The number of hydrogen-bond acceptors (Lipinski definition) is 9. The third-order valence-electron chi connectivity index (χ3n) is 4.29. The van der Waals surface area contributed by atoms with Crippen LogP contribution in [0.2, 0.25) is 0 Å². The Morgan fingerprint density at radius 1 is 1.19 bits per heavy atom. The highest BCUT2D eigenvalue weighted by molar-refractivity contribution is 6.06. The predicted molar refractivity (Wildman–Crippen MR) is 90.5 cm³/mol. The second kappa shape index (κ2) is 6.96. The summed E-state index contributed by atoms with van der Waals surface area (Å²) in [5.41, 5.74) is 0.836. The number of aliphatic hydroxyl groups excluding tert-OH is 3. The number of amides is 1. The number of anilines is 1. The van der Waals surface area contributed by atoms with Crippen LogP contribution in [0, 0.1) is 0 Å². The molecule has 1 aliphatic rings. The average molecular weight is 372 g/mol. The molecule has 1 saturated heterocycles. The second-order valence-electron chi connectivity index (χ2n) is 5.98. The van der Waals surface area contributed by atoms with Gasteiger partial charge in [-0.1, -0.05) is 23.4 Å². The molecule has 4 atom stereocenters. The third kappa shape index (κ3) is 3.02. The minimum Gasteiger partial charge on any atom is -0.394 e. The molecule has 1 aliphatic heterocycles. The molecule has 140 valence electrons. The van der Waals surface area contributed by atoms with E-state index in [1.165, 1.54) is 11.0 Å². The first-order valence-electron chi connectivity index (χ1n) is 8.15. The Balaban J connectivity index is 1.65. The molecule has 3 heterocycles. The molecular weight excluding hydrogens is 356 g/mol. The van der Waals surface area contributed by atoms with Gasteiger partial charge < -0.3 is 25.4 Å². The molecule has 0 radical (unpaired) electrons. The maximum absolute atomic E-state index is 12.3. The predicted octanol–water partition coefficient (Wildman–Crippen LogP) is -0.915. The number of rotatable bonds is 4. The van der Waals surface area contributed by atoms with Crippen LogP contribution >= 0.6 is 0 Å². The standard InChI is InChI=1S/C16H16N6O5/c23-6-9-11(24)12(25)16(27-9)22-14-10(20-21-22)13(17-7-18-14)19-15(26)8-4-2-1-3-5-8/h1-5,7,9,11-12,16,23-25H,6H2,(H,17,18,19,26)/t9-,11+,12?,16-/m1/s1. The summed E-state index contributed by atoms with van der Waals surface area (Å²) in [6.07, 6.45) is -3.44. The Bertz CT molecular complexity index is 964. The van der Waals surface area contributed by atoms with Crippen LogP contribution in [0.4, 0.5) is 5.82 Å². The molecule has 0 aliphatic carbocycles. The van der Waals surface area contributed by atoms with Crippen molar-refractivity contribution >= 4 is 22.9 Å². The van der Waals surface area contributed by atoms with Gasteiger partial charge >= 0.3 is 0 Å². The number of nitrogens with zero attached hydrogens (tertiary/aromatic N) is 5. The van der Waals surface area contributed by atoms with Crippen molar-refractivity contribution < 1.29 is 24.9 Å². The number of benzene rings is 1. The summed E-state index contributed by atoms with van der Waals surface area (Å²) in [6, 6.07) is 8.59. The van der Waals surface area contributed by atoms with Crippen molar-refractivity contribution in [3.05, 3.63) is 42.2 Å². The first kappa shape index (κ1) is 17.4. The lowest BCUT2D eigenvalue weighted by molar-refractivity contribution is -0.0574. The molecule has 11 heteroatoms. The molecule has 27 heavy (non-hydrogen) atoms. The SMILES string of the molecule is O=C(Nc1ncnc2c1nnn2[C@@H]1O[C@H](CO)[C@H](O)C1O)c1ccccc1.